The molecule has 4 aliphatic heterocycles. The first-order valence-corrected chi connectivity index (χ1v) is 26.1. The molecule has 4 aliphatic rings. The third-order valence-electron chi connectivity index (χ3n) is 13.4. The summed E-state index contributed by atoms with van der Waals surface area (Å²) in [6, 6.07) is 13.8. The molecule has 0 radical (unpaired) electrons. The molecule has 4 amide bonds. The number of carbonyl (C=O) groups is 4. The molecule has 11 rings (SSSR count). The molecule has 24 heteroatoms. The first kappa shape index (κ1) is 52.6. The van der Waals surface area contributed by atoms with Crippen LogP contribution in [0.4, 0.5) is 10.5 Å². The minimum Gasteiger partial charge on any atom is -0.473 e. The second kappa shape index (κ2) is 22.7. The third-order valence-corrected chi connectivity index (χ3v) is 13.9. The van der Waals surface area contributed by atoms with Crippen LogP contribution in [0.2, 0.25) is 5.15 Å². The molecule has 6 aromatic heterocycles. The van der Waals surface area contributed by atoms with Crippen molar-refractivity contribution >= 4 is 73.6 Å². The Morgan fingerprint density at radius 1 is 0.627 bits per heavy atom. The van der Waals surface area contributed by atoms with E-state index in [0.29, 0.717) is 79.4 Å². The maximum atomic E-state index is 12.4. The number of hydrogen-bond acceptors (Lipinski definition) is 15. The van der Waals surface area contributed by atoms with Gasteiger partial charge in [-0.1, -0.05) is 23.7 Å². The van der Waals surface area contributed by atoms with E-state index in [4.69, 9.17) is 35.5 Å². The van der Waals surface area contributed by atoms with Crippen LogP contribution in [0.15, 0.2) is 84.2 Å². The van der Waals surface area contributed by atoms with Gasteiger partial charge in [-0.05, 0) is 87.8 Å². The van der Waals surface area contributed by atoms with Crippen LogP contribution in [-0.4, -0.2) is 142 Å². The number of carbonyl (C=O) groups excluding carboxylic acids is 4. The van der Waals surface area contributed by atoms with Crippen LogP contribution in [0.3, 0.4) is 0 Å². The molecule has 0 spiro atoms. The van der Waals surface area contributed by atoms with Gasteiger partial charge in [0.15, 0.2) is 5.15 Å². The molecular formula is C51H60BrClN14O8. The average molecular weight is 1110 g/mol. The van der Waals surface area contributed by atoms with Crippen molar-refractivity contribution in [1.82, 2.24) is 64.6 Å². The largest absolute Gasteiger partial charge is 0.473 e. The van der Waals surface area contributed by atoms with Gasteiger partial charge in [0.05, 0.1) is 42.9 Å². The lowest BCUT2D eigenvalue weighted by Gasteiger charge is -2.36. The van der Waals surface area contributed by atoms with Crippen molar-refractivity contribution in [3.05, 3.63) is 89.4 Å². The lowest BCUT2D eigenvalue weighted by Crippen LogP contribution is -2.50. The van der Waals surface area contributed by atoms with Gasteiger partial charge in [0.25, 0.3) is 0 Å². The molecule has 0 aliphatic carbocycles. The zero-order valence-corrected chi connectivity index (χ0v) is 44.8. The number of nitrogens with zero attached hydrogens (tertiary/aromatic N) is 11. The standard InChI is InChI=1S/C27H34N6O4.C12H13BrN4O2.C12H13ClN4O2/c1-18(20-15-24(34)28-16-20)36-25-23-9-10-29-33(23)17-22(30-25)19-5-7-21(8-6-19)31-11-13-32(14-12-31)26(35)37-27(2,3)4;2*1-7(8-4-11(18)14-5-8)19-12-9-2-3-15-17(9)6-10(13)16-12/h5-10,17-18,20H,11-16H2,1-4H3,(H,28,34);2*2-3,6-8H,4-5H2,1H3,(H,14,18)/t18-,20-;2*7-,8-/m111/s1. The van der Waals surface area contributed by atoms with E-state index in [2.05, 4.69) is 74.2 Å². The van der Waals surface area contributed by atoms with Gasteiger partial charge in [-0.25, -0.2) is 28.3 Å². The topological polar surface area (TPSA) is 238 Å². The minimum atomic E-state index is -0.493. The van der Waals surface area contributed by atoms with Gasteiger partial charge in [0.2, 0.25) is 35.4 Å². The number of amides is 4. The van der Waals surface area contributed by atoms with Crippen LogP contribution < -0.4 is 35.1 Å². The average Bonchev–Trinajstić information content (AvgIpc) is 4.25. The van der Waals surface area contributed by atoms with E-state index in [1.165, 1.54) is 0 Å². The van der Waals surface area contributed by atoms with Gasteiger partial charge < -0.3 is 44.7 Å². The molecule has 22 nitrogen and oxygen atoms in total. The maximum absolute atomic E-state index is 12.4. The van der Waals surface area contributed by atoms with Crippen LogP contribution in [0.5, 0.6) is 17.6 Å². The van der Waals surface area contributed by atoms with E-state index in [1.54, 1.807) is 49.4 Å². The van der Waals surface area contributed by atoms with Crippen molar-refractivity contribution in [2.24, 2.45) is 17.8 Å². The monoisotopic (exact) mass is 1110 g/mol. The lowest BCUT2D eigenvalue weighted by molar-refractivity contribution is -0.120. The number of piperazine rings is 1. The van der Waals surface area contributed by atoms with Gasteiger partial charge in [-0.2, -0.15) is 20.3 Å². The molecule has 3 N–H and O–H groups in total. The van der Waals surface area contributed by atoms with Crippen molar-refractivity contribution in [3.63, 3.8) is 0 Å². The Kier molecular flexibility index (Phi) is 15.9. The fourth-order valence-electron chi connectivity index (χ4n) is 9.05. The zero-order valence-electron chi connectivity index (χ0n) is 42.5. The summed E-state index contributed by atoms with van der Waals surface area (Å²) in [6.07, 6.45) is 11.2. The van der Waals surface area contributed by atoms with Crippen LogP contribution in [0, 0.1) is 17.8 Å². The molecule has 6 atom stereocenters. The van der Waals surface area contributed by atoms with Crippen molar-refractivity contribution in [3.8, 4) is 28.9 Å². The Hall–Kier alpha value is -7.27. The maximum Gasteiger partial charge on any atom is 0.410 e. The lowest BCUT2D eigenvalue weighted by atomic mass is 10.0. The molecule has 0 saturated carbocycles. The Morgan fingerprint density at radius 2 is 1.07 bits per heavy atom. The minimum absolute atomic E-state index is 0.0583. The summed E-state index contributed by atoms with van der Waals surface area (Å²) in [5.74, 6) is 2.11. The SMILES string of the molecule is C[C@@H](Oc1nc(-c2ccc(N3CCN(C(=O)OC(C)(C)C)CC3)cc2)cn2nccc12)[C@H]1CNC(=O)C1.C[C@@H](Oc1nc(Br)cn2nccc12)[C@H]1CNC(=O)C1.C[C@@H](Oc1nc(Cl)cn2nccc12)[C@H]1CNC(=O)C1. The van der Waals surface area contributed by atoms with Gasteiger partial charge in [-0.3, -0.25) is 14.4 Å². The summed E-state index contributed by atoms with van der Waals surface area (Å²) in [6.45, 7) is 16.1. The van der Waals surface area contributed by atoms with Crippen LogP contribution in [0.25, 0.3) is 27.8 Å². The van der Waals surface area contributed by atoms with Gasteiger partial charge in [-0.15, -0.1) is 0 Å². The summed E-state index contributed by atoms with van der Waals surface area (Å²) in [7, 11) is 0. The smallest absolute Gasteiger partial charge is 0.410 e. The molecule has 4 saturated heterocycles. The number of nitrogens with one attached hydrogen (secondary N) is 3. The molecule has 7 aromatic rings. The number of fused-ring (bicyclic) bond motifs is 3. The summed E-state index contributed by atoms with van der Waals surface area (Å²) in [4.78, 5) is 63.8. The summed E-state index contributed by atoms with van der Waals surface area (Å²) in [5.41, 5.74) is 4.65. The van der Waals surface area contributed by atoms with Crippen molar-refractivity contribution < 1.29 is 38.1 Å². The Morgan fingerprint density at radius 3 is 1.52 bits per heavy atom. The van der Waals surface area contributed by atoms with E-state index in [0.717, 1.165) is 46.6 Å². The molecule has 0 bridgehead atoms. The molecule has 0 unspecified atom stereocenters. The summed E-state index contributed by atoms with van der Waals surface area (Å²) >= 11 is 9.26. The Bertz CT molecular complexity index is 3060. The summed E-state index contributed by atoms with van der Waals surface area (Å²) < 4.78 is 29.3. The van der Waals surface area contributed by atoms with Gasteiger partial charge in [0, 0.05) is 94.1 Å². The number of benzene rings is 1. The van der Waals surface area contributed by atoms with E-state index in [-0.39, 0.29) is 59.9 Å². The first-order chi connectivity index (χ1) is 35.9. The number of hydrogen-bond donors (Lipinski definition) is 3. The molecular weight excluding hydrogens is 1050 g/mol. The highest BCUT2D eigenvalue weighted by molar-refractivity contribution is 9.10. The summed E-state index contributed by atoms with van der Waals surface area (Å²) in [5, 5.41) is 21.5. The second-order valence-corrected chi connectivity index (χ2v) is 21.1. The number of aromatic nitrogens is 9. The van der Waals surface area contributed by atoms with Gasteiger partial charge in [0.1, 0.15) is 45.1 Å². The fraction of sp³-hybridized carbons (Fsp3) is 0.451. The molecule has 75 heavy (non-hydrogen) atoms. The molecule has 10 heterocycles. The number of ether oxygens (including phenoxy) is 4. The van der Waals surface area contributed by atoms with Crippen molar-refractivity contribution in [2.45, 2.75) is 84.7 Å². The predicted octanol–water partition coefficient (Wildman–Crippen LogP) is 6.04. The van der Waals surface area contributed by atoms with Gasteiger partial charge >= 0.3 is 6.09 Å². The van der Waals surface area contributed by atoms with E-state index in [9.17, 15) is 19.2 Å². The third kappa shape index (κ3) is 13.0. The van der Waals surface area contributed by atoms with Crippen LogP contribution in [-0.2, 0) is 19.1 Å². The highest BCUT2D eigenvalue weighted by Crippen LogP contribution is 2.30. The van der Waals surface area contributed by atoms with E-state index >= 15 is 0 Å². The fourth-order valence-corrected chi connectivity index (χ4v) is 9.57. The molecule has 1 aromatic carbocycles. The number of halogens is 2. The Balaban J connectivity index is 0.000000152. The van der Waals surface area contributed by atoms with Crippen LogP contribution >= 0.6 is 27.5 Å². The van der Waals surface area contributed by atoms with Crippen LogP contribution in [0.1, 0.15) is 60.8 Å². The quantitative estimate of drug-likeness (QED) is 0.134. The predicted molar refractivity (Wildman–Crippen MR) is 281 cm³/mol. The second-order valence-electron chi connectivity index (χ2n) is 19.9. The van der Waals surface area contributed by atoms with Crippen molar-refractivity contribution in [1.29, 1.82) is 0 Å². The highest BCUT2D eigenvalue weighted by Gasteiger charge is 2.32. The Labute approximate surface area is 445 Å². The number of rotatable bonds is 11. The number of anilines is 1. The molecule has 396 valence electrons. The highest BCUT2D eigenvalue weighted by atomic mass is 79.9. The van der Waals surface area contributed by atoms with Crippen molar-refractivity contribution in [2.75, 3.05) is 50.7 Å². The first-order valence-electron chi connectivity index (χ1n) is 24.9. The van der Waals surface area contributed by atoms with E-state index < -0.39 is 5.60 Å². The normalized spacial score (nSPS) is 19.8. The van der Waals surface area contributed by atoms with E-state index in [1.807, 2.05) is 78.1 Å². The molecule has 4 fully saturated rings. The zero-order chi connectivity index (χ0) is 53.0.